The van der Waals surface area contributed by atoms with E-state index in [1.807, 2.05) is 79.9 Å². The number of aromatic amines is 1. The predicted octanol–water partition coefficient (Wildman–Crippen LogP) is 14.7. The number of rotatable bonds is 21. The number of ether oxygens (including phenoxy) is 4. The van der Waals surface area contributed by atoms with Crippen molar-refractivity contribution < 1.29 is 64.5 Å². The van der Waals surface area contributed by atoms with Gasteiger partial charge in [-0.2, -0.15) is 36.5 Å². The van der Waals surface area contributed by atoms with Gasteiger partial charge in [0.1, 0.15) is 71.6 Å². The standard InChI is InChI=1S/C33H48F3N7O4Si.C23H31F3N6O2Si.C10H18BrNO2/c1-32(2,3)47-31(45)40-14-9-23(10-15-40)43-26-12-17-41(20-25(26)28(39-43)27(44)8-7-13-33(34,35)36)29-24-11-16-42(30(24)38-21-37-29)22-46-18-19-48(4,5)6;1-35(2,3)12-11-34-15-32-9-6-16-21(27-14-28-22(16)32)31-10-7-18-17(13-31)20(30-29-18)19(33)5-4-8-23(24,25)26;1-10(2,3)14-9(13)12-6-4-8(11)5-7-12/h11,16,21,23H,7-10,12-15,17-20,22H2,1-6H3;6,9,14H,4-5,7-8,10-13,15H2,1-3H3,(H,29,30);8H,4-7H2,1-3H3. The van der Waals surface area contributed by atoms with Crippen LogP contribution in [0.1, 0.15) is 155 Å². The van der Waals surface area contributed by atoms with Crippen molar-refractivity contribution in [2.75, 3.05) is 62.3 Å². The molecule has 0 aromatic carbocycles. The predicted molar refractivity (Wildman–Crippen MR) is 368 cm³/mol. The van der Waals surface area contributed by atoms with E-state index in [0.29, 0.717) is 96.5 Å². The number of nitrogens with one attached hydrogen (secondary N) is 1. The first kappa shape index (κ1) is 76.3. The van der Waals surface area contributed by atoms with E-state index in [0.717, 1.165) is 94.2 Å². The summed E-state index contributed by atoms with van der Waals surface area (Å²) >= 11 is 3.55. The largest absolute Gasteiger partial charge is 0.444 e. The van der Waals surface area contributed by atoms with Crippen LogP contribution in [0.4, 0.5) is 47.6 Å². The smallest absolute Gasteiger partial charge is 0.410 e. The van der Waals surface area contributed by atoms with Crippen molar-refractivity contribution >= 4 is 89.5 Å². The number of nitrogens with zero attached hydrogens (tertiary/aromatic N) is 13. The summed E-state index contributed by atoms with van der Waals surface area (Å²) in [7, 11) is -2.38. The van der Waals surface area contributed by atoms with Crippen molar-refractivity contribution in [3.63, 3.8) is 0 Å². The molecule has 97 heavy (non-hydrogen) atoms. The number of H-pyrrole nitrogens is 1. The highest BCUT2D eigenvalue weighted by Crippen LogP contribution is 2.36. The monoisotopic (exact) mass is 1460 g/mol. The Labute approximate surface area is 574 Å². The van der Waals surface area contributed by atoms with E-state index in [1.165, 1.54) is 12.7 Å². The van der Waals surface area contributed by atoms with Crippen LogP contribution in [-0.2, 0) is 58.3 Å². The zero-order valence-corrected chi connectivity index (χ0v) is 61.8. The average Bonchev–Trinajstić information content (AvgIpc) is 1.63. The Hall–Kier alpha value is -6.45. The number of likely N-dealkylation sites (tertiary alicyclic amines) is 2. The first-order chi connectivity index (χ1) is 45.4. The van der Waals surface area contributed by atoms with E-state index in [4.69, 9.17) is 24.0 Å². The number of alkyl halides is 7. The van der Waals surface area contributed by atoms with Gasteiger partial charge in [-0.05, 0) is 104 Å². The quantitative estimate of drug-likeness (QED) is 0.0232. The second kappa shape index (κ2) is 32.3. The zero-order valence-electron chi connectivity index (χ0n) is 58.2. The van der Waals surface area contributed by atoms with Crippen molar-refractivity contribution in [2.45, 2.75) is 231 Å². The van der Waals surface area contributed by atoms with Gasteiger partial charge in [0.05, 0.1) is 16.8 Å². The molecule has 2 fully saturated rings. The van der Waals surface area contributed by atoms with Gasteiger partial charge in [-0.1, -0.05) is 55.2 Å². The lowest BCUT2D eigenvalue weighted by Crippen LogP contribution is -2.42. The summed E-state index contributed by atoms with van der Waals surface area (Å²) in [6, 6.07) is 6.02. The van der Waals surface area contributed by atoms with Crippen LogP contribution in [0.15, 0.2) is 37.2 Å². The molecule has 0 atom stereocenters. The lowest BCUT2D eigenvalue weighted by atomic mass is 9.99. The molecule has 1 N–H and O–H groups in total. The van der Waals surface area contributed by atoms with E-state index < -0.39 is 52.7 Å². The summed E-state index contributed by atoms with van der Waals surface area (Å²) in [6.45, 7) is 31.8. The molecule has 536 valence electrons. The highest BCUT2D eigenvalue weighted by Gasteiger charge is 2.37. The molecule has 4 aliphatic heterocycles. The van der Waals surface area contributed by atoms with Gasteiger partial charge in [0.2, 0.25) is 0 Å². The van der Waals surface area contributed by atoms with Crippen LogP contribution < -0.4 is 9.80 Å². The van der Waals surface area contributed by atoms with Gasteiger partial charge in [-0.15, -0.1) is 0 Å². The van der Waals surface area contributed by atoms with Crippen molar-refractivity contribution in [1.29, 1.82) is 0 Å². The van der Waals surface area contributed by atoms with Crippen LogP contribution in [-0.4, -0.2) is 180 Å². The van der Waals surface area contributed by atoms with Crippen molar-refractivity contribution in [2.24, 2.45) is 0 Å². The summed E-state index contributed by atoms with van der Waals surface area (Å²) < 4.78 is 105. The molecule has 31 heteroatoms. The molecule has 2 amide bonds. The molecule has 0 bridgehead atoms. The molecular formula is C66H97BrF6N14O8Si2. The topological polar surface area (TPSA) is 226 Å². The SMILES string of the molecule is CC(C)(C)OC(=O)N1CCC(Br)CC1.CC(C)(C)OC(=O)N1CCC(n2nc(C(=O)CCCC(F)(F)F)c3c2CCN(c2ncnc4c2ccn4COCC[Si](C)(C)C)C3)CC1.C[Si](C)(C)CCOCn1ccc2c(N3CCc4[nH]nc(C(=O)CCCC(F)(F)F)c4C3)ncnc21. The van der Waals surface area contributed by atoms with Gasteiger partial charge in [0, 0.05) is 160 Å². The fraction of sp³-hybridized carbons (Fsp3) is 0.667. The molecule has 0 saturated carbocycles. The molecular weight excluding hydrogens is 1370 g/mol. The Morgan fingerprint density at radius 1 is 0.598 bits per heavy atom. The van der Waals surface area contributed by atoms with Gasteiger partial charge in [0.25, 0.3) is 0 Å². The maximum atomic E-state index is 13.4. The molecule has 2 saturated heterocycles. The van der Waals surface area contributed by atoms with Gasteiger partial charge in [0.15, 0.2) is 11.6 Å². The Balaban J connectivity index is 0.000000213. The van der Waals surface area contributed by atoms with Crippen LogP contribution in [0, 0.1) is 0 Å². The number of ketones is 2. The Kier molecular flexibility index (Phi) is 25.4. The number of piperidine rings is 2. The second-order valence-corrected chi connectivity index (χ2v) is 42.4. The van der Waals surface area contributed by atoms with Crippen LogP contribution >= 0.6 is 15.9 Å². The van der Waals surface area contributed by atoms with Crippen LogP contribution in [0.25, 0.3) is 22.1 Å². The first-order valence-corrected chi connectivity index (χ1v) is 41.9. The number of amides is 2. The minimum Gasteiger partial charge on any atom is -0.444 e. The molecule has 6 aromatic heterocycles. The maximum absolute atomic E-state index is 13.4. The number of halogens is 7. The third kappa shape index (κ3) is 22.5. The fourth-order valence-electron chi connectivity index (χ4n) is 11.7. The summed E-state index contributed by atoms with van der Waals surface area (Å²) in [5, 5.41) is 13.6. The number of hydrogen-bond donors (Lipinski definition) is 1. The minimum absolute atomic E-state index is 0.0542. The lowest BCUT2D eigenvalue weighted by molar-refractivity contribution is -0.136. The molecule has 10 rings (SSSR count). The highest BCUT2D eigenvalue weighted by molar-refractivity contribution is 9.09. The van der Waals surface area contributed by atoms with Crippen molar-refractivity contribution in [3.8, 4) is 0 Å². The Bertz CT molecular complexity index is 3630. The second-order valence-electron chi connectivity index (χ2n) is 29.9. The Morgan fingerprint density at radius 2 is 1.04 bits per heavy atom. The number of Topliss-reactive ketones (excluding diaryl/α,β-unsaturated/α-hetero) is 2. The molecule has 0 radical (unpaired) electrons. The minimum atomic E-state index is -4.33. The van der Waals surface area contributed by atoms with E-state index in [-0.39, 0.29) is 66.7 Å². The lowest BCUT2D eigenvalue weighted by Gasteiger charge is -2.35. The number of carbonyl (C=O) groups excluding carboxylic acids is 4. The van der Waals surface area contributed by atoms with Gasteiger partial charge in [-0.25, -0.2) is 29.5 Å². The van der Waals surface area contributed by atoms with Crippen LogP contribution in [0.3, 0.4) is 0 Å². The third-order valence-electron chi connectivity index (χ3n) is 16.9. The molecule has 4 aliphatic rings. The zero-order chi connectivity index (χ0) is 70.8. The van der Waals surface area contributed by atoms with Crippen molar-refractivity contribution in [3.05, 3.63) is 71.1 Å². The summed E-state index contributed by atoms with van der Waals surface area (Å²) in [5.41, 5.74) is 4.21. The fourth-order valence-corrected chi connectivity index (χ4v) is 13.7. The van der Waals surface area contributed by atoms with Crippen LogP contribution in [0.5, 0.6) is 0 Å². The van der Waals surface area contributed by atoms with E-state index in [9.17, 15) is 45.5 Å². The maximum Gasteiger partial charge on any atom is 0.410 e. The van der Waals surface area contributed by atoms with Gasteiger partial charge >= 0.3 is 24.5 Å². The summed E-state index contributed by atoms with van der Waals surface area (Å²) in [4.78, 5) is 76.6. The number of fused-ring (bicyclic) bond motifs is 4. The van der Waals surface area contributed by atoms with E-state index in [2.05, 4.69) is 95.1 Å². The van der Waals surface area contributed by atoms with Gasteiger partial charge < -0.3 is 47.7 Å². The number of anilines is 2. The van der Waals surface area contributed by atoms with Crippen molar-refractivity contribution in [1.82, 2.24) is 58.8 Å². The highest BCUT2D eigenvalue weighted by atomic mass is 79.9. The number of carbonyl (C=O) groups is 4. The van der Waals surface area contributed by atoms with E-state index >= 15 is 0 Å². The normalized spacial score (nSPS) is 16.2. The van der Waals surface area contributed by atoms with Crippen LogP contribution in [0.2, 0.25) is 51.4 Å². The van der Waals surface area contributed by atoms with E-state index in [1.54, 1.807) is 9.80 Å². The molecule has 6 aromatic rings. The molecule has 0 aliphatic carbocycles. The molecule has 10 heterocycles. The molecule has 22 nitrogen and oxygen atoms in total. The summed E-state index contributed by atoms with van der Waals surface area (Å²) in [5.74, 6) is 0.707. The Morgan fingerprint density at radius 3 is 1.49 bits per heavy atom. The third-order valence-corrected chi connectivity index (χ3v) is 21.3. The average molecular weight is 1460 g/mol. The molecule has 0 unspecified atom stereocenters. The summed E-state index contributed by atoms with van der Waals surface area (Å²) in [6.07, 6.45) is -0.697. The molecule has 0 spiro atoms. The first-order valence-electron chi connectivity index (χ1n) is 33.6. The number of hydrogen-bond acceptors (Lipinski definition) is 16. The van der Waals surface area contributed by atoms with Gasteiger partial charge in [-0.3, -0.25) is 19.4 Å². The number of aromatic nitrogens is 10.